The largest absolute Gasteiger partial charge is 0.338 e. The van der Waals surface area contributed by atoms with Crippen molar-refractivity contribution in [2.45, 2.75) is 30.7 Å². The Morgan fingerprint density at radius 3 is 2.30 bits per heavy atom. The van der Waals surface area contributed by atoms with E-state index in [1.807, 2.05) is 17.8 Å². The Labute approximate surface area is 166 Å². The first-order valence-electron chi connectivity index (χ1n) is 9.94. The van der Waals surface area contributed by atoms with Gasteiger partial charge in [0.2, 0.25) is 5.91 Å². The molecule has 3 nitrogen and oxygen atoms in total. The highest BCUT2D eigenvalue weighted by Crippen LogP contribution is 2.41. The van der Waals surface area contributed by atoms with Crippen LogP contribution in [0.15, 0.2) is 65.6 Å². The summed E-state index contributed by atoms with van der Waals surface area (Å²) in [6, 6.07) is 21.0. The molecule has 2 aliphatic rings. The van der Waals surface area contributed by atoms with Crippen molar-refractivity contribution < 1.29 is 4.79 Å². The van der Waals surface area contributed by atoms with Crippen LogP contribution in [0, 0.1) is 5.41 Å². The maximum absolute atomic E-state index is 12.6. The van der Waals surface area contributed by atoms with Gasteiger partial charge in [0.05, 0.1) is 0 Å². The molecule has 0 atom stereocenters. The van der Waals surface area contributed by atoms with E-state index < -0.39 is 0 Å². The summed E-state index contributed by atoms with van der Waals surface area (Å²) in [7, 11) is 0. The number of benzene rings is 2. The average Bonchev–Trinajstić information content (AvgIpc) is 3.00. The van der Waals surface area contributed by atoms with Gasteiger partial charge < -0.3 is 9.80 Å². The molecule has 4 heteroatoms. The minimum Gasteiger partial charge on any atom is -0.338 e. The van der Waals surface area contributed by atoms with Crippen LogP contribution in [0.2, 0.25) is 0 Å². The van der Waals surface area contributed by atoms with E-state index in [-0.39, 0.29) is 5.41 Å². The highest BCUT2D eigenvalue weighted by Gasteiger charge is 2.44. The maximum atomic E-state index is 12.6. The van der Waals surface area contributed by atoms with E-state index in [2.05, 4.69) is 64.4 Å². The Balaban J connectivity index is 1.24. The molecule has 0 N–H and O–H groups in total. The molecule has 1 spiro atoms. The minimum atomic E-state index is 0.217. The Morgan fingerprint density at radius 1 is 0.926 bits per heavy atom. The molecule has 0 aliphatic carbocycles. The SMILES string of the molecule is O=C1CC2(CCN(CCSc3ccccc3)CC2)CN1Cc1ccccc1. The molecule has 0 aromatic heterocycles. The Hall–Kier alpha value is -1.78. The molecule has 2 fully saturated rings. The molecule has 2 aliphatic heterocycles. The molecule has 1 amide bonds. The maximum Gasteiger partial charge on any atom is 0.223 e. The van der Waals surface area contributed by atoms with Gasteiger partial charge in [-0.1, -0.05) is 48.5 Å². The van der Waals surface area contributed by atoms with Crippen molar-refractivity contribution in [3.8, 4) is 0 Å². The zero-order valence-electron chi connectivity index (χ0n) is 15.8. The number of rotatable bonds is 6. The summed E-state index contributed by atoms with van der Waals surface area (Å²) in [5, 5.41) is 0. The van der Waals surface area contributed by atoms with Crippen LogP contribution in [-0.4, -0.2) is 47.6 Å². The first kappa shape index (κ1) is 18.6. The molecule has 2 aromatic carbocycles. The number of amides is 1. The Bertz CT molecular complexity index is 741. The Morgan fingerprint density at radius 2 is 1.59 bits per heavy atom. The number of hydrogen-bond donors (Lipinski definition) is 0. The lowest BCUT2D eigenvalue weighted by Crippen LogP contribution is -2.42. The summed E-state index contributed by atoms with van der Waals surface area (Å²) in [6.07, 6.45) is 3.05. The zero-order valence-corrected chi connectivity index (χ0v) is 16.7. The average molecular weight is 381 g/mol. The molecule has 27 heavy (non-hydrogen) atoms. The Kier molecular flexibility index (Phi) is 5.84. The van der Waals surface area contributed by atoms with E-state index in [4.69, 9.17) is 0 Å². The van der Waals surface area contributed by atoms with Crippen molar-refractivity contribution in [3.63, 3.8) is 0 Å². The second-order valence-electron chi connectivity index (χ2n) is 7.92. The van der Waals surface area contributed by atoms with Crippen molar-refractivity contribution >= 4 is 17.7 Å². The second kappa shape index (κ2) is 8.49. The van der Waals surface area contributed by atoms with Crippen LogP contribution in [0.1, 0.15) is 24.8 Å². The summed E-state index contributed by atoms with van der Waals surface area (Å²) < 4.78 is 0. The molecule has 0 unspecified atom stereocenters. The lowest BCUT2D eigenvalue weighted by molar-refractivity contribution is -0.128. The van der Waals surface area contributed by atoms with Crippen LogP contribution >= 0.6 is 11.8 Å². The summed E-state index contributed by atoms with van der Waals surface area (Å²) in [5.41, 5.74) is 1.45. The normalized spacial score (nSPS) is 19.7. The summed E-state index contributed by atoms with van der Waals surface area (Å²) in [4.78, 5) is 18.6. The number of carbonyl (C=O) groups excluding carboxylic acids is 1. The topological polar surface area (TPSA) is 23.6 Å². The van der Waals surface area contributed by atoms with Gasteiger partial charge in [-0.3, -0.25) is 4.79 Å². The number of hydrogen-bond acceptors (Lipinski definition) is 3. The standard InChI is InChI=1S/C23H28N2OS/c26-22-17-23(19-25(22)18-20-7-3-1-4-8-20)11-13-24(14-12-23)15-16-27-21-9-5-2-6-10-21/h1-10H,11-19H2. The van der Waals surface area contributed by atoms with Gasteiger partial charge in [0.1, 0.15) is 0 Å². The van der Waals surface area contributed by atoms with Crippen LogP contribution in [-0.2, 0) is 11.3 Å². The number of likely N-dealkylation sites (tertiary alicyclic amines) is 2. The molecule has 2 saturated heterocycles. The van der Waals surface area contributed by atoms with Gasteiger partial charge in [0.15, 0.2) is 0 Å². The monoisotopic (exact) mass is 380 g/mol. The van der Waals surface area contributed by atoms with Gasteiger partial charge in [0, 0.05) is 36.7 Å². The molecule has 0 bridgehead atoms. The molecule has 2 heterocycles. The molecule has 0 radical (unpaired) electrons. The van der Waals surface area contributed by atoms with Gasteiger partial charge >= 0.3 is 0 Å². The number of piperidine rings is 1. The molecule has 2 aromatic rings. The fourth-order valence-electron chi connectivity index (χ4n) is 4.32. The molecular weight excluding hydrogens is 352 g/mol. The minimum absolute atomic E-state index is 0.217. The quantitative estimate of drug-likeness (QED) is 0.699. The van der Waals surface area contributed by atoms with Gasteiger partial charge in [-0.15, -0.1) is 11.8 Å². The van der Waals surface area contributed by atoms with Crippen molar-refractivity contribution in [2.75, 3.05) is 31.9 Å². The van der Waals surface area contributed by atoms with Crippen LogP contribution in [0.4, 0.5) is 0 Å². The van der Waals surface area contributed by atoms with Crippen LogP contribution in [0.3, 0.4) is 0 Å². The van der Waals surface area contributed by atoms with Crippen molar-refractivity contribution in [1.29, 1.82) is 0 Å². The smallest absolute Gasteiger partial charge is 0.223 e. The van der Waals surface area contributed by atoms with Crippen LogP contribution in [0.5, 0.6) is 0 Å². The predicted molar refractivity (Wildman–Crippen MR) is 112 cm³/mol. The van der Waals surface area contributed by atoms with Crippen molar-refractivity contribution in [1.82, 2.24) is 9.80 Å². The van der Waals surface area contributed by atoms with Gasteiger partial charge in [0.25, 0.3) is 0 Å². The van der Waals surface area contributed by atoms with E-state index in [9.17, 15) is 4.79 Å². The van der Waals surface area contributed by atoms with Gasteiger partial charge in [-0.05, 0) is 49.0 Å². The third kappa shape index (κ3) is 4.74. The van der Waals surface area contributed by atoms with E-state index in [1.165, 1.54) is 10.5 Å². The molecule has 142 valence electrons. The van der Waals surface area contributed by atoms with E-state index in [0.717, 1.165) is 57.7 Å². The third-order valence-electron chi connectivity index (χ3n) is 5.96. The van der Waals surface area contributed by atoms with Crippen molar-refractivity contribution in [3.05, 3.63) is 66.2 Å². The lowest BCUT2D eigenvalue weighted by Gasteiger charge is -2.38. The van der Waals surface area contributed by atoms with Crippen LogP contribution in [0.25, 0.3) is 0 Å². The fourth-order valence-corrected chi connectivity index (χ4v) is 5.26. The number of thioether (sulfide) groups is 1. The van der Waals surface area contributed by atoms with E-state index in [1.54, 1.807) is 0 Å². The zero-order chi connectivity index (χ0) is 18.5. The third-order valence-corrected chi connectivity index (χ3v) is 6.95. The second-order valence-corrected chi connectivity index (χ2v) is 9.08. The highest BCUT2D eigenvalue weighted by molar-refractivity contribution is 7.99. The first-order chi connectivity index (χ1) is 13.2. The molecule has 0 saturated carbocycles. The molecule has 4 rings (SSSR count). The van der Waals surface area contributed by atoms with Gasteiger partial charge in [-0.2, -0.15) is 0 Å². The predicted octanol–water partition coefficient (Wildman–Crippen LogP) is 4.29. The fraction of sp³-hybridized carbons (Fsp3) is 0.435. The van der Waals surface area contributed by atoms with Crippen LogP contribution < -0.4 is 0 Å². The lowest BCUT2D eigenvalue weighted by atomic mass is 9.77. The number of carbonyl (C=O) groups is 1. The highest BCUT2D eigenvalue weighted by atomic mass is 32.2. The number of nitrogens with zero attached hydrogens (tertiary/aromatic N) is 2. The summed E-state index contributed by atoms with van der Waals surface area (Å²) >= 11 is 1.94. The summed E-state index contributed by atoms with van der Waals surface area (Å²) in [6.45, 7) is 5.09. The summed E-state index contributed by atoms with van der Waals surface area (Å²) in [5.74, 6) is 1.47. The van der Waals surface area contributed by atoms with E-state index in [0.29, 0.717) is 5.91 Å². The molecular formula is C23H28N2OS. The first-order valence-corrected chi connectivity index (χ1v) is 10.9. The van der Waals surface area contributed by atoms with Crippen molar-refractivity contribution in [2.24, 2.45) is 5.41 Å². The van der Waals surface area contributed by atoms with Gasteiger partial charge in [-0.25, -0.2) is 0 Å². The van der Waals surface area contributed by atoms with E-state index >= 15 is 0 Å².